The van der Waals surface area contributed by atoms with Crippen molar-refractivity contribution in [1.82, 2.24) is 14.8 Å². The minimum Gasteiger partial charge on any atom is -0.478 e. The molecule has 2 N–H and O–H groups in total. The molecule has 1 atom stereocenters. The number of rotatable bonds is 5. The molecule has 3 rings (SSSR count). The molecule has 124 valence electrons. The van der Waals surface area contributed by atoms with Crippen LogP contribution in [0, 0.1) is 5.82 Å². The van der Waals surface area contributed by atoms with Gasteiger partial charge >= 0.3 is 5.97 Å². The van der Waals surface area contributed by atoms with Crippen molar-refractivity contribution in [3.05, 3.63) is 59.3 Å². The van der Waals surface area contributed by atoms with Gasteiger partial charge in [-0.1, -0.05) is 0 Å². The molecular formula is C17H16FN3O3. The van der Waals surface area contributed by atoms with Crippen LogP contribution in [0.3, 0.4) is 0 Å². The van der Waals surface area contributed by atoms with Gasteiger partial charge in [-0.3, -0.25) is 9.67 Å². The number of aliphatic hydroxyl groups is 1. The number of carboxylic acid groups (broad SMARTS) is 1. The fourth-order valence-electron chi connectivity index (χ4n) is 2.70. The topological polar surface area (TPSA) is 88.2 Å². The summed E-state index contributed by atoms with van der Waals surface area (Å²) >= 11 is 0. The smallest absolute Gasteiger partial charge is 0.336 e. The molecule has 6 nitrogen and oxygen atoms in total. The Kier molecular flexibility index (Phi) is 4.26. The van der Waals surface area contributed by atoms with Gasteiger partial charge in [-0.05, 0) is 36.8 Å². The summed E-state index contributed by atoms with van der Waals surface area (Å²) in [5.74, 6) is -1.45. The highest BCUT2D eigenvalue weighted by atomic mass is 19.1. The van der Waals surface area contributed by atoms with E-state index in [1.807, 2.05) is 0 Å². The van der Waals surface area contributed by atoms with Crippen molar-refractivity contribution in [3.63, 3.8) is 0 Å². The van der Waals surface area contributed by atoms with Gasteiger partial charge in [0, 0.05) is 24.2 Å². The van der Waals surface area contributed by atoms with Crippen molar-refractivity contribution in [3.8, 4) is 0 Å². The number of nitrogens with zero attached hydrogens (tertiary/aromatic N) is 3. The lowest BCUT2D eigenvalue weighted by Gasteiger charge is -2.05. The third-order valence-electron chi connectivity index (χ3n) is 3.72. The SMILES string of the molecule is CC(O)Cn1nc(Cc2cnccc2C(=O)O)c2cc(F)ccc21. The Morgan fingerprint density at radius 1 is 1.38 bits per heavy atom. The van der Waals surface area contributed by atoms with E-state index in [1.54, 1.807) is 17.7 Å². The Morgan fingerprint density at radius 3 is 2.88 bits per heavy atom. The predicted molar refractivity (Wildman–Crippen MR) is 85.4 cm³/mol. The highest BCUT2D eigenvalue weighted by molar-refractivity contribution is 5.89. The molecule has 7 heteroatoms. The number of aromatic carboxylic acids is 1. The van der Waals surface area contributed by atoms with Crippen molar-refractivity contribution in [2.45, 2.75) is 26.0 Å². The van der Waals surface area contributed by atoms with Gasteiger partial charge < -0.3 is 10.2 Å². The van der Waals surface area contributed by atoms with Crippen molar-refractivity contribution in [2.24, 2.45) is 0 Å². The number of aliphatic hydroxyl groups excluding tert-OH is 1. The van der Waals surface area contributed by atoms with E-state index in [-0.39, 0.29) is 18.5 Å². The molecule has 0 radical (unpaired) electrons. The molecule has 0 amide bonds. The molecule has 0 aliphatic carbocycles. The highest BCUT2D eigenvalue weighted by Gasteiger charge is 2.16. The van der Waals surface area contributed by atoms with Crippen LogP contribution in [-0.2, 0) is 13.0 Å². The number of pyridine rings is 1. The van der Waals surface area contributed by atoms with Gasteiger partial charge in [-0.15, -0.1) is 0 Å². The van der Waals surface area contributed by atoms with Crippen LogP contribution in [0.15, 0.2) is 36.7 Å². The zero-order chi connectivity index (χ0) is 17.3. The number of fused-ring (bicyclic) bond motifs is 1. The Hall–Kier alpha value is -2.80. The number of carboxylic acids is 1. The molecule has 0 saturated carbocycles. The summed E-state index contributed by atoms with van der Waals surface area (Å²) in [4.78, 5) is 15.3. The molecule has 3 aromatic rings. The predicted octanol–water partition coefficient (Wildman–Crippen LogP) is 2.24. The molecular weight excluding hydrogens is 313 g/mol. The van der Waals surface area contributed by atoms with E-state index >= 15 is 0 Å². The lowest BCUT2D eigenvalue weighted by Crippen LogP contribution is -2.13. The van der Waals surface area contributed by atoms with Crippen LogP contribution in [0.4, 0.5) is 4.39 Å². The summed E-state index contributed by atoms with van der Waals surface area (Å²) in [7, 11) is 0. The molecule has 1 unspecified atom stereocenters. The number of carbonyl (C=O) groups is 1. The molecule has 0 fully saturated rings. The first-order valence-electron chi connectivity index (χ1n) is 7.45. The molecule has 0 aliphatic heterocycles. The fourth-order valence-corrected chi connectivity index (χ4v) is 2.70. The van der Waals surface area contributed by atoms with E-state index in [1.165, 1.54) is 30.6 Å². The van der Waals surface area contributed by atoms with Gasteiger partial charge in [0.15, 0.2) is 0 Å². The van der Waals surface area contributed by atoms with Gasteiger partial charge in [0.05, 0.1) is 29.4 Å². The van der Waals surface area contributed by atoms with E-state index in [0.29, 0.717) is 22.2 Å². The number of halogens is 1. The molecule has 2 heterocycles. The first-order chi connectivity index (χ1) is 11.5. The third-order valence-corrected chi connectivity index (χ3v) is 3.72. The van der Waals surface area contributed by atoms with Crippen LogP contribution < -0.4 is 0 Å². The van der Waals surface area contributed by atoms with Gasteiger partial charge in [0.25, 0.3) is 0 Å². The maximum atomic E-state index is 13.6. The van der Waals surface area contributed by atoms with Gasteiger partial charge in [0.1, 0.15) is 5.82 Å². The Bertz CT molecular complexity index is 905. The minimum atomic E-state index is -1.05. The molecule has 2 aromatic heterocycles. The standard InChI is InChI=1S/C17H16FN3O3/c1-10(22)9-21-16-3-2-12(18)7-14(16)15(20-21)6-11-8-19-5-4-13(11)17(23)24/h2-5,7-8,10,22H,6,9H2,1H3,(H,23,24). The maximum absolute atomic E-state index is 13.6. The van der Waals surface area contributed by atoms with E-state index in [2.05, 4.69) is 10.1 Å². The second kappa shape index (κ2) is 6.37. The average Bonchev–Trinajstić information content (AvgIpc) is 2.84. The summed E-state index contributed by atoms with van der Waals surface area (Å²) < 4.78 is 15.2. The quantitative estimate of drug-likeness (QED) is 0.749. The molecule has 0 spiro atoms. The van der Waals surface area contributed by atoms with Gasteiger partial charge in [0.2, 0.25) is 0 Å². The molecule has 0 aliphatic rings. The van der Waals surface area contributed by atoms with Crippen LogP contribution in [0.5, 0.6) is 0 Å². The van der Waals surface area contributed by atoms with E-state index in [0.717, 1.165) is 0 Å². The normalized spacial score (nSPS) is 12.5. The van der Waals surface area contributed by atoms with Crippen molar-refractivity contribution in [2.75, 3.05) is 0 Å². The van der Waals surface area contributed by atoms with Crippen LogP contribution in [-0.4, -0.2) is 37.1 Å². The second-order valence-corrected chi connectivity index (χ2v) is 5.65. The van der Waals surface area contributed by atoms with Crippen LogP contribution in [0.1, 0.15) is 28.5 Å². The van der Waals surface area contributed by atoms with Crippen LogP contribution in [0.25, 0.3) is 10.9 Å². The zero-order valence-corrected chi connectivity index (χ0v) is 13.0. The summed E-state index contributed by atoms with van der Waals surface area (Å²) in [5.41, 5.74) is 1.87. The van der Waals surface area contributed by atoms with Gasteiger partial charge in [-0.2, -0.15) is 5.10 Å². The van der Waals surface area contributed by atoms with E-state index in [4.69, 9.17) is 0 Å². The molecule has 0 bridgehead atoms. The van der Waals surface area contributed by atoms with E-state index in [9.17, 15) is 19.4 Å². The summed E-state index contributed by atoms with van der Waals surface area (Å²) in [6, 6.07) is 5.73. The second-order valence-electron chi connectivity index (χ2n) is 5.65. The molecule has 1 aromatic carbocycles. The number of benzene rings is 1. The highest BCUT2D eigenvalue weighted by Crippen LogP contribution is 2.23. The van der Waals surface area contributed by atoms with Crippen molar-refractivity contribution < 1.29 is 19.4 Å². The Labute approximate surface area is 137 Å². The molecule has 0 saturated heterocycles. The Balaban J connectivity index is 2.10. The van der Waals surface area contributed by atoms with Crippen molar-refractivity contribution in [1.29, 1.82) is 0 Å². The Morgan fingerprint density at radius 2 is 2.17 bits per heavy atom. The number of hydrogen-bond donors (Lipinski definition) is 2. The first-order valence-corrected chi connectivity index (χ1v) is 7.45. The summed E-state index contributed by atoms with van der Waals surface area (Å²) in [6.07, 6.45) is 2.49. The third kappa shape index (κ3) is 3.11. The van der Waals surface area contributed by atoms with E-state index < -0.39 is 17.9 Å². The van der Waals surface area contributed by atoms with Crippen molar-refractivity contribution >= 4 is 16.9 Å². The maximum Gasteiger partial charge on any atom is 0.336 e. The fraction of sp³-hybridized carbons (Fsp3) is 0.235. The first kappa shape index (κ1) is 16.1. The van der Waals surface area contributed by atoms with Crippen LogP contribution >= 0.6 is 0 Å². The largest absolute Gasteiger partial charge is 0.478 e. The molecule has 24 heavy (non-hydrogen) atoms. The van der Waals surface area contributed by atoms with Crippen LogP contribution in [0.2, 0.25) is 0 Å². The summed E-state index contributed by atoms with van der Waals surface area (Å²) in [6.45, 7) is 1.90. The zero-order valence-electron chi connectivity index (χ0n) is 13.0. The average molecular weight is 329 g/mol. The van der Waals surface area contributed by atoms with Gasteiger partial charge in [-0.25, -0.2) is 9.18 Å². The number of hydrogen-bond acceptors (Lipinski definition) is 4. The lowest BCUT2D eigenvalue weighted by molar-refractivity contribution is 0.0695. The summed E-state index contributed by atoms with van der Waals surface area (Å²) in [5, 5.41) is 23.9. The monoisotopic (exact) mass is 329 g/mol. The minimum absolute atomic E-state index is 0.139. The lowest BCUT2D eigenvalue weighted by atomic mass is 10.0. The number of aromatic nitrogens is 3.